The van der Waals surface area contributed by atoms with E-state index in [-0.39, 0.29) is 62.2 Å². The van der Waals surface area contributed by atoms with Gasteiger partial charge in [0.15, 0.2) is 23.0 Å². The molecule has 0 unspecified atom stereocenters. The Morgan fingerprint density at radius 2 is 1.41 bits per heavy atom. The molecule has 0 radical (unpaired) electrons. The zero-order valence-electron chi connectivity index (χ0n) is 17.3. The molecule has 1 aliphatic heterocycles. The first-order valence-electron chi connectivity index (χ1n) is 9.53. The molecule has 0 aromatic carbocycles. The molecule has 0 aliphatic carbocycles. The van der Waals surface area contributed by atoms with Crippen LogP contribution in [0, 0.1) is 0 Å². The summed E-state index contributed by atoms with van der Waals surface area (Å²) < 4.78 is 4.82. The Kier molecular flexibility index (Phi) is 8.59. The zero-order chi connectivity index (χ0) is 23.7. The number of carbonyl (C=O) groups is 5. The Labute approximate surface area is 182 Å². The lowest BCUT2D eigenvalue weighted by molar-refractivity contribution is -0.137. The average molecular weight is 448 g/mol. The van der Waals surface area contributed by atoms with Crippen LogP contribution in [0.2, 0.25) is 0 Å². The largest absolute Gasteiger partial charge is 0.383 e. The summed E-state index contributed by atoms with van der Waals surface area (Å²) in [4.78, 5) is 67.6. The number of nitrogens with one attached hydrogen (secondary N) is 3. The van der Waals surface area contributed by atoms with Gasteiger partial charge in [-0.25, -0.2) is 9.97 Å². The van der Waals surface area contributed by atoms with Gasteiger partial charge in [-0.15, -0.1) is 0 Å². The molecule has 1 aromatic rings. The number of methoxy groups -OCH3 is 1. The molecular weight excluding hydrogens is 424 g/mol. The standard InChI is InChI=1S/C18H24N8O6/c1-32-9-7-23-18(31)14-16(20)24-13(15(19)25-14)17(30)22-6-5-21-10(27)4-8-26-11(28)2-3-12(26)29/h2-3H,4-9H2,1H3,(H2,19,25)(H2,20,24)(H,21,27)(H,22,30)(H,23,31). The lowest BCUT2D eigenvalue weighted by Crippen LogP contribution is -2.38. The summed E-state index contributed by atoms with van der Waals surface area (Å²) in [5, 5.41) is 7.54. The van der Waals surface area contributed by atoms with Gasteiger partial charge in [-0.2, -0.15) is 0 Å². The van der Waals surface area contributed by atoms with Crippen LogP contribution in [0.4, 0.5) is 11.6 Å². The van der Waals surface area contributed by atoms with Crippen LogP contribution in [0.3, 0.4) is 0 Å². The maximum atomic E-state index is 12.3. The van der Waals surface area contributed by atoms with Crippen molar-refractivity contribution in [2.24, 2.45) is 0 Å². The van der Waals surface area contributed by atoms with Gasteiger partial charge < -0.3 is 32.2 Å². The monoisotopic (exact) mass is 448 g/mol. The summed E-state index contributed by atoms with van der Waals surface area (Å²) in [7, 11) is 1.48. The van der Waals surface area contributed by atoms with Crippen molar-refractivity contribution in [1.82, 2.24) is 30.8 Å². The molecule has 0 saturated heterocycles. The number of nitrogens with zero attached hydrogens (tertiary/aromatic N) is 3. The van der Waals surface area contributed by atoms with Gasteiger partial charge in [-0.3, -0.25) is 28.9 Å². The predicted molar refractivity (Wildman–Crippen MR) is 111 cm³/mol. The minimum Gasteiger partial charge on any atom is -0.383 e. The summed E-state index contributed by atoms with van der Waals surface area (Å²) >= 11 is 0. The Morgan fingerprint density at radius 3 is 1.94 bits per heavy atom. The number of aromatic nitrogens is 2. The predicted octanol–water partition coefficient (Wildman–Crippen LogP) is -2.82. The van der Waals surface area contributed by atoms with Crippen LogP contribution >= 0.6 is 0 Å². The maximum absolute atomic E-state index is 12.3. The van der Waals surface area contributed by atoms with Crippen molar-refractivity contribution in [1.29, 1.82) is 0 Å². The van der Waals surface area contributed by atoms with E-state index in [4.69, 9.17) is 16.2 Å². The number of imide groups is 1. The molecule has 5 amide bonds. The van der Waals surface area contributed by atoms with E-state index < -0.39 is 29.5 Å². The van der Waals surface area contributed by atoms with E-state index in [1.54, 1.807) is 0 Å². The lowest BCUT2D eigenvalue weighted by Gasteiger charge is -2.13. The number of nitrogen functional groups attached to an aromatic ring is 2. The molecule has 14 heteroatoms. The van der Waals surface area contributed by atoms with Gasteiger partial charge in [0.05, 0.1) is 6.61 Å². The zero-order valence-corrected chi connectivity index (χ0v) is 17.3. The maximum Gasteiger partial charge on any atom is 0.273 e. The number of carbonyl (C=O) groups excluding carboxylic acids is 5. The van der Waals surface area contributed by atoms with Crippen LogP contribution in [-0.4, -0.2) is 84.3 Å². The molecule has 0 atom stereocenters. The molecule has 0 spiro atoms. The van der Waals surface area contributed by atoms with E-state index in [2.05, 4.69) is 25.9 Å². The number of nitrogens with two attached hydrogens (primary N) is 2. The average Bonchev–Trinajstić information content (AvgIpc) is 3.08. The molecule has 1 aliphatic rings. The first kappa shape index (κ1) is 24.2. The Hall–Kier alpha value is -4.07. The number of amides is 5. The van der Waals surface area contributed by atoms with Gasteiger partial charge >= 0.3 is 0 Å². The Balaban J connectivity index is 1.78. The third kappa shape index (κ3) is 6.46. The van der Waals surface area contributed by atoms with Crippen LogP contribution in [0.5, 0.6) is 0 Å². The first-order chi connectivity index (χ1) is 15.2. The van der Waals surface area contributed by atoms with Crippen LogP contribution in [-0.2, 0) is 19.1 Å². The topological polar surface area (TPSA) is 212 Å². The van der Waals surface area contributed by atoms with E-state index in [0.717, 1.165) is 17.1 Å². The van der Waals surface area contributed by atoms with Gasteiger partial charge in [-0.05, 0) is 0 Å². The third-order valence-corrected chi connectivity index (χ3v) is 4.17. The molecule has 0 fully saturated rings. The number of anilines is 2. The van der Waals surface area contributed by atoms with Crippen LogP contribution in [0.1, 0.15) is 27.4 Å². The first-order valence-corrected chi connectivity index (χ1v) is 9.53. The fraction of sp³-hybridized carbons (Fsp3) is 0.389. The summed E-state index contributed by atoms with van der Waals surface area (Å²) in [6.07, 6.45) is 2.20. The third-order valence-electron chi connectivity index (χ3n) is 4.17. The molecule has 0 saturated carbocycles. The second kappa shape index (κ2) is 11.4. The summed E-state index contributed by atoms with van der Waals surface area (Å²) in [5.74, 6) is -3.19. The fourth-order valence-electron chi connectivity index (χ4n) is 2.56. The van der Waals surface area contributed by atoms with E-state index >= 15 is 0 Å². The van der Waals surface area contributed by atoms with Crippen molar-refractivity contribution in [3.8, 4) is 0 Å². The summed E-state index contributed by atoms with van der Waals surface area (Å²) in [6.45, 7) is 0.588. The van der Waals surface area contributed by atoms with Crippen molar-refractivity contribution < 1.29 is 28.7 Å². The molecule has 7 N–H and O–H groups in total. The van der Waals surface area contributed by atoms with Crippen molar-refractivity contribution in [3.63, 3.8) is 0 Å². The molecule has 172 valence electrons. The van der Waals surface area contributed by atoms with Gasteiger partial charge in [-0.1, -0.05) is 0 Å². The highest BCUT2D eigenvalue weighted by Gasteiger charge is 2.23. The normalized spacial score (nSPS) is 12.7. The highest BCUT2D eigenvalue weighted by molar-refractivity contribution is 6.13. The summed E-state index contributed by atoms with van der Waals surface area (Å²) in [6, 6.07) is 0. The van der Waals surface area contributed by atoms with Crippen LogP contribution < -0.4 is 27.4 Å². The van der Waals surface area contributed by atoms with Crippen LogP contribution in [0.15, 0.2) is 12.2 Å². The number of rotatable bonds is 11. The number of ether oxygens (including phenoxy) is 1. The Morgan fingerprint density at radius 1 is 0.906 bits per heavy atom. The SMILES string of the molecule is COCCNC(=O)c1nc(N)c(C(=O)NCCNC(=O)CCN2C(=O)C=CC2=O)nc1N. The minimum absolute atomic E-state index is 0.0357. The van der Waals surface area contributed by atoms with E-state index in [1.165, 1.54) is 7.11 Å². The van der Waals surface area contributed by atoms with Gasteiger partial charge in [0.2, 0.25) is 5.91 Å². The van der Waals surface area contributed by atoms with Crippen molar-refractivity contribution in [2.45, 2.75) is 6.42 Å². The smallest absolute Gasteiger partial charge is 0.273 e. The molecular formula is C18H24N8O6. The number of hydrogen-bond donors (Lipinski definition) is 5. The second-order valence-corrected chi connectivity index (χ2v) is 6.46. The van der Waals surface area contributed by atoms with Gasteiger partial charge in [0.1, 0.15) is 0 Å². The van der Waals surface area contributed by atoms with Gasteiger partial charge in [0.25, 0.3) is 23.6 Å². The Bertz CT molecular complexity index is 930. The van der Waals surface area contributed by atoms with Crippen molar-refractivity contribution >= 4 is 41.2 Å². The highest BCUT2D eigenvalue weighted by Crippen LogP contribution is 2.13. The molecule has 14 nitrogen and oxygen atoms in total. The van der Waals surface area contributed by atoms with E-state index in [1.807, 2.05) is 0 Å². The molecule has 2 heterocycles. The van der Waals surface area contributed by atoms with Crippen LogP contribution in [0.25, 0.3) is 0 Å². The van der Waals surface area contributed by atoms with Crippen molar-refractivity contribution in [2.75, 3.05) is 51.4 Å². The quantitative estimate of drug-likeness (QED) is 0.173. The highest BCUT2D eigenvalue weighted by atomic mass is 16.5. The molecule has 1 aromatic heterocycles. The van der Waals surface area contributed by atoms with Gasteiger partial charge in [0, 0.05) is 51.9 Å². The lowest BCUT2D eigenvalue weighted by atomic mass is 10.3. The second-order valence-electron chi connectivity index (χ2n) is 6.46. The molecule has 2 rings (SSSR count). The molecule has 32 heavy (non-hydrogen) atoms. The van der Waals surface area contributed by atoms with E-state index in [0.29, 0.717) is 0 Å². The fourth-order valence-corrected chi connectivity index (χ4v) is 2.56. The minimum atomic E-state index is -0.693. The number of hydrogen-bond acceptors (Lipinski definition) is 10. The summed E-state index contributed by atoms with van der Waals surface area (Å²) in [5.41, 5.74) is 11.0. The van der Waals surface area contributed by atoms with Crippen molar-refractivity contribution in [3.05, 3.63) is 23.5 Å². The van der Waals surface area contributed by atoms with E-state index in [9.17, 15) is 24.0 Å². The molecule has 0 bridgehead atoms.